The van der Waals surface area contributed by atoms with Gasteiger partial charge in [0.25, 0.3) is 0 Å². The van der Waals surface area contributed by atoms with E-state index in [1.807, 2.05) is 24.3 Å². The van der Waals surface area contributed by atoms with Crippen molar-refractivity contribution in [3.8, 4) is 0 Å². The molecular formula is C17H22IN3OS. The van der Waals surface area contributed by atoms with Crippen LogP contribution in [0.15, 0.2) is 58.4 Å². The molecule has 2 aromatic rings. The van der Waals surface area contributed by atoms with Crippen LogP contribution in [0, 0.1) is 0 Å². The zero-order chi connectivity index (χ0) is 15.8. The van der Waals surface area contributed by atoms with Crippen LogP contribution < -0.4 is 11.1 Å². The number of hydrogen-bond donors (Lipinski definition) is 2. The number of hydrogen-bond acceptors (Lipinski definition) is 3. The van der Waals surface area contributed by atoms with Crippen molar-refractivity contribution in [2.45, 2.75) is 18.0 Å². The first-order chi connectivity index (χ1) is 10.7. The highest BCUT2D eigenvalue weighted by Gasteiger charge is 2.02. The smallest absolute Gasteiger partial charge is 0.193 e. The number of rotatable bonds is 6. The highest BCUT2D eigenvalue weighted by Crippen LogP contribution is 2.16. The van der Waals surface area contributed by atoms with Gasteiger partial charge in [0.2, 0.25) is 0 Å². The van der Waals surface area contributed by atoms with Gasteiger partial charge in [-0.05, 0) is 30.0 Å². The van der Waals surface area contributed by atoms with E-state index in [9.17, 15) is 0 Å². The largest absolute Gasteiger partial charge is 0.380 e. The molecule has 3 N–H and O–H groups in total. The fourth-order valence-corrected chi connectivity index (χ4v) is 2.42. The third-order valence-electron chi connectivity index (χ3n) is 3.17. The molecular weight excluding hydrogens is 421 g/mol. The Kier molecular flexibility index (Phi) is 9.05. The van der Waals surface area contributed by atoms with Crippen LogP contribution in [0.25, 0.3) is 0 Å². The molecule has 0 aliphatic rings. The van der Waals surface area contributed by atoms with Gasteiger partial charge in [-0.2, -0.15) is 0 Å². The summed E-state index contributed by atoms with van der Waals surface area (Å²) in [5.74, 6) is 0.400. The first-order valence-corrected chi connectivity index (χ1v) is 8.22. The molecule has 0 aromatic heterocycles. The molecule has 4 nitrogen and oxygen atoms in total. The highest BCUT2D eigenvalue weighted by molar-refractivity contribution is 14.0. The molecule has 0 saturated heterocycles. The highest BCUT2D eigenvalue weighted by atomic mass is 127. The lowest BCUT2D eigenvalue weighted by Gasteiger charge is -2.10. The number of para-hydroxylation sites is 1. The predicted octanol–water partition coefficient (Wildman–Crippen LogP) is 4.10. The third kappa shape index (κ3) is 6.40. The monoisotopic (exact) mass is 443 g/mol. The van der Waals surface area contributed by atoms with Crippen molar-refractivity contribution in [3.05, 3.63) is 59.7 Å². The first-order valence-electron chi connectivity index (χ1n) is 6.99. The maximum absolute atomic E-state index is 5.97. The number of aliphatic imine (C=N–C) groups is 1. The van der Waals surface area contributed by atoms with E-state index < -0.39 is 0 Å². The van der Waals surface area contributed by atoms with E-state index in [4.69, 9.17) is 10.5 Å². The molecule has 2 aromatic carbocycles. The lowest BCUT2D eigenvalue weighted by Crippen LogP contribution is -2.23. The Balaban J connectivity index is 0.00000264. The van der Waals surface area contributed by atoms with Crippen LogP contribution in [0.3, 0.4) is 0 Å². The van der Waals surface area contributed by atoms with Gasteiger partial charge in [0, 0.05) is 23.3 Å². The number of nitrogens with two attached hydrogens (primary N) is 1. The van der Waals surface area contributed by atoms with Crippen LogP contribution in [-0.2, 0) is 17.9 Å². The van der Waals surface area contributed by atoms with Crippen LogP contribution >= 0.6 is 35.7 Å². The molecule has 0 radical (unpaired) electrons. The summed E-state index contributed by atoms with van der Waals surface area (Å²) in [5.41, 5.74) is 9.07. The van der Waals surface area contributed by atoms with Crippen molar-refractivity contribution >= 4 is 47.4 Å². The van der Waals surface area contributed by atoms with Crippen molar-refractivity contribution in [1.29, 1.82) is 0 Å². The first kappa shape index (κ1) is 19.8. The molecule has 124 valence electrons. The van der Waals surface area contributed by atoms with E-state index in [2.05, 4.69) is 40.8 Å². The van der Waals surface area contributed by atoms with Crippen LogP contribution in [0.2, 0.25) is 0 Å². The second kappa shape index (κ2) is 10.5. The minimum absolute atomic E-state index is 0. The molecule has 23 heavy (non-hydrogen) atoms. The van der Waals surface area contributed by atoms with E-state index in [0.717, 1.165) is 16.8 Å². The van der Waals surface area contributed by atoms with Gasteiger partial charge in [0.05, 0.1) is 13.2 Å². The van der Waals surface area contributed by atoms with Gasteiger partial charge < -0.3 is 15.8 Å². The normalized spacial score (nSPS) is 11.0. The third-order valence-corrected chi connectivity index (χ3v) is 3.91. The average Bonchev–Trinajstić information content (AvgIpc) is 2.55. The molecule has 2 rings (SSSR count). The van der Waals surface area contributed by atoms with E-state index in [1.54, 1.807) is 18.9 Å². The number of ether oxygens (including phenoxy) is 1. The summed E-state index contributed by atoms with van der Waals surface area (Å²) in [6.45, 7) is 1.09. The quantitative estimate of drug-likeness (QED) is 0.306. The van der Waals surface area contributed by atoms with Crippen molar-refractivity contribution in [3.63, 3.8) is 0 Å². The molecule has 0 aliphatic carbocycles. The van der Waals surface area contributed by atoms with Crippen molar-refractivity contribution in [1.82, 2.24) is 0 Å². The Labute approximate surface area is 158 Å². The number of benzene rings is 2. The van der Waals surface area contributed by atoms with Crippen LogP contribution in [-0.4, -0.2) is 19.3 Å². The Bertz CT molecular complexity index is 632. The molecule has 0 spiro atoms. The van der Waals surface area contributed by atoms with E-state index in [1.165, 1.54) is 4.90 Å². The van der Waals surface area contributed by atoms with Crippen molar-refractivity contribution in [2.75, 3.05) is 18.7 Å². The lowest BCUT2D eigenvalue weighted by molar-refractivity contribution is 0.185. The lowest BCUT2D eigenvalue weighted by atomic mass is 10.2. The van der Waals surface area contributed by atoms with Crippen LogP contribution in [0.5, 0.6) is 0 Å². The van der Waals surface area contributed by atoms with E-state index in [0.29, 0.717) is 19.1 Å². The Hall–Kier alpha value is -1.25. The van der Waals surface area contributed by atoms with Gasteiger partial charge in [-0.25, -0.2) is 4.99 Å². The van der Waals surface area contributed by atoms with Gasteiger partial charge in [-0.1, -0.05) is 30.3 Å². The molecule has 0 saturated carbocycles. The molecule has 0 fully saturated rings. The molecule has 0 unspecified atom stereocenters. The fourth-order valence-electron chi connectivity index (χ4n) is 2.01. The summed E-state index contributed by atoms with van der Waals surface area (Å²) >= 11 is 1.73. The number of thioether (sulfide) groups is 1. The summed E-state index contributed by atoms with van der Waals surface area (Å²) in [7, 11) is 1.67. The zero-order valence-electron chi connectivity index (χ0n) is 13.3. The Morgan fingerprint density at radius 2 is 1.87 bits per heavy atom. The van der Waals surface area contributed by atoms with E-state index >= 15 is 0 Å². The fraction of sp³-hybridized carbons (Fsp3) is 0.235. The summed E-state index contributed by atoms with van der Waals surface area (Å²) in [5, 5.41) is 3.13. The molecule has 0 amide bonds. The van der Waals surface area contributed by atoms with Gasteiger partial charge in [-0.3, -0.25) is 0 Å². The number of methoxy groups -OCH3 is 1. The predicted molar refractivity (Wildman–Crippen MR) is 110 cm³/mol. The SMILES string of the molecule is COCc1ccccc1NC(N)=NCc1ccc(SC)cc1.I. The summed E-state index contributed by atoms with van der Waals surface area (Å²) in [6, 6.07) is 16.2. The van der Waals surface area contributed by atoms with Gasteiger partial charge in [0.1, 0.15) is 0 Å². The number of anilines is 1. The molecule has 0 heterocycles. The Morgan fingerprint density at radius 1 is 1.17 bits per heavy atom. The molecule has 0 atom stereocenters. The second-order valence-electron chi connectivity index (χ2n) is 4.76. The average molecular weight is 443 g/mol. The topological polar surface area (TPSA) is 59.6 Å². The number of halogens is 1. The molecule has 0 aliphatic heterocycles. The number of nitrogens with one attached hydrogen (secondary N) is 1. The van der Waals surface area contributed by atoms with Crippen LogP contribution in [0.4, 0.5) is 5.69 Å². The van der Waals surface area contributed by atoms with Gasteiger partial charge in [-0.15, -0.1) is 35.7 Å². The van der Waals surface area contributed by atoms with Crippen molar-refractivity contribution < 1.29 is 4.74 Å². The summed E-state index contributed by atoms with van der Waals surface area (Å²) < 4.78 is 5.18. The maximum atomic E-state index is 5.97. The summed E-state index contributed by atoms with van der Waals surface area (Å²) in [6.07, 6.45) is 2.06. The molecule has 6 heteroatoms. The van der Waals surface area contributed by atoms with Gasteiger partial charge in [0.15, 0.2) is 5.96 Å². The Morgan fingerprint density at radius 3 is 2.52 bits per heavy atom. The van der Waals surface area contributed by atoms with Gasteiger partial charge >= 0.3 is 0 Å². The summed E-state index contributed by atoms with van der Waals surface area (Å²) in [4.78, 5) is 5.63. The number of guanidine groups is 1. The number of nitrogens with zero attached hydrogens (tertiary/aromatic N) is 1. The van der Waals surface area contributed by atoms with Crippen molar-refractivity contribution in [2.24, 2.45) is 10.7 Å². The molecule has 0 bridgehead atoms. The van der Waals surface area contributed by atoms with Crippen LogP contribution in [0.1, 0.15) is 11.1 Å². The van der Waals surface area contributed by atoms with E-state index in [-0.39, 0.29) is 24.0 Å². The standard InChI is InChI=1S/C17H21N3OS.HI/c1-21-12-14-5-3-4-6-16(14)20-17(18)19-11-13-7-9-15(22-2)10-8-13;/h3-10H,11-12H2,1-2H3,(H3,18,19,20);1H. The minimum Gasteiger partial charge on any atom is -0.380 e. The minimum atomic E-state index is 0. The maximum Gasteiger partial charge on any atom is 0.193 e. The second-order valence-corrected chi connectivity index (χ2v) is 5.64. The zero-order valence-corrected chi connectivity index (χ0v) is 16.4.